The quantitative estimate of drug-likeness (QED) is 0.652. The number of rotatable bonds is 3. The van der Waals surface area contributed by atoms with E-state index in [4.69, 9.17) is 5.73 Å². The Bertz CT molecular complexity index is 295. The number of hydrogen-bond acceptors (Lipinski definition) is 4. The van der Waals surface area contributed by atoms with Crippen LogP contribution in [-0.4, -0.2) is 27.2 Å². The fourth-order valence-electron chi connectivity index (χ4n) is 0.750. The SMILES string of the molecule is CC(CN)C(=O)Nc1ncnn1C. The highest BCUT2D eigenvalue weighted by atomic mass is 16.2. The van der Waals surface area contributed by atoms with Crippen LogP contribution in [0.3, 0.4) is 0 Å². The van der Waals surface area contributed by atoms with E-state index < -0.39 is 0 Å². The number of nitrogens with two attached hydrogens (primary N) is 1. The van der Waals surface area contributed by atoms with Crippen LogP contribution in [0.4, 0.5) is 5.95 Å². The molecule has 0 fully saturated rings. The van der Waals surface area contributed by atoms with Crippen molar-refractivity contribution in [3.05, 3.63) is 6.33 Å². The van der Waals surface area contributed by atoms with E-state index in [0.717, 1.165) is 0 Å². The molecule has 0 aliphatic heterocycles. The number of carbonyl (C=O) groups excluding carboxylic acids is 1. The highest BCUT2D eigenvalue weighted by molar-refractivity contribution is 5.90. The summed E-state index contributed by atoms with van der Waals surface area (Å²) in [5.74, 6) is 0.0839. The summed E-state index contributed by atoms with van der Waals surface area (Å²) < 4.78 is 1.49. The van der Waals surface area contributed by atoms with Gasteiger partial charge < -0.3 is 5.73 Å². The van der Waals surface area contributed by atoms with Gasteiger partial charge in [-0.2, -0.15) is 10.1 Å². The molecule has 1 heterocycles. The van der Waals surface area contributed by atoms with Crippen molar-refractivity contribution in [3.63, 3.8) is 0 Å². The van der Waals surface area contributed by atoms with Crippen LogP contribution in [0.1, 0.15) is 6.92 Å². The van der Waals surface area contributed by atoms with Gasteiger partial charge in [0, 0.05) is 19.5 Å². The zero-order valence-electron chi connectivity index (χ0n) is 7.69. The number of aromatic nitrogens is 3. The van der Waals surface area contributed by atoms with Crippen LogP contribution in [0.5, 0.6) is 0 Å². The molecule has 1 atom stereocenters. The fraction of sp³-hybridized carbons (Fsp3) is 0.571. The summed E-state index contributed by atoms with van der Waals surface area (Å²) in [6.07, 6.45) is 1.38. The minimum absolute atomic E-state index is 0.140. The molecule has 0 aromatic carbocycles. The van der Waals surface area contributed by atoms with Crippen molar-refractivity contribution < 1.29 is 4.79 Å². The van der Waals surface area contributed by atoms with Gasteiger partial charge in [0.05, 0.1) is 0 Å². The first kappa shape index (κ1) is 9.66. The fourth-order valence-corrected chi connectivity index (χ4v) is 0.750. The Balaban J connectivity index is 2.60. The summed E-state index contributed by atoms with van der Waals surface area (Å²) in [6, 6.07) is 0. The van der Waals surface area contributed by atoms with Crippen LogP contribution in [0, 0.1) is 5.92 Å². The van der Waals surface area contributed by atoms with Crippen LogP contribution in [-0.2, 0) is 11.8 Å². The molecule has 13 heavy (non-hydrogen) atoms. The number of aryl methyl sites for hydroxylation is 1. The van der Waals surface area contributed by atoms with Crippen molar-refractivity contribution >= 4 is 11.9 Å². The lowest BCUT2D eigenvalue weighted by molar-refractivity contribution is -0.119. The third-order valence-electron chi connectivity index (χ3n) is 1.75. The van der Waals surface area contributed by atoms with Crippen LogP contribution in [0.2, 0.25) is 0 Å². The molecule has 0 radical (unpaired) electrons. The topological polar surface area (TPSA) is 85.8 Å². The van der Waals surface area contributed by atoms with Crippen molar-refractivity contribution in [2.45, 2.75) is 6.92 Å². The van der Waals surface area contributed by atoms with Crippen LogP contribution in [0.25, 0.3) is 0 Å². The molecular formula is C7H13N5O. The molecule has 1 aromatic rings. The lowest BCUT2D eigenvalue weighted by atomic mass is 10.2. The molecule has 0 aliphatic rings. The Kier molecular flexibility index (Phi) is 2.97. The molecule has 1 rings (SSSR count). The zero-order chi connectivity index (χ0) is 9.84. The summed E-state index contributed by atoms with van der Waals surface area (Å²) in [5.41, 5.74) is 5.34. The van der Waals surface area contributed by atoms with Gasteiger partial charge in [-0.25, -0.2) is 4.68 Å². The number of amides is 1. The normalized spacial score (nSPS) is 12.5. The predicted octanol–water partition coefficient (Wildman–Crippen LogP) is -0.652. The molecule has 1 unspecified atom stereocenters. The zero-order valence-corrected chi connectivity index (χ0v) is 7.69. The number of hydrogen-bond donors (Lipinski definition) is 2. The highest BCUT2D eigenvalue weighted by Gasteiger charge is 2.12. The van der Waals surface area contributed by atoms with Gasteiger partial charge in [0.2, 0.25) is 11.9 Å². The molecule has 0 bridgehead atoms. The largest absolute Gasteiger partial charge is 0.330 e. The molecule has 72 valence electrons. The van der Waals surface area contributed by atoms with Crippen LogP contribution in [0.15, 0.2) is 6.33 Å². The van der Waals surface area contributed by atoms with E-state index in [9.17, 15) is 4.79 Å². The van der Waals surface area contributed by atoms with Crippen LogP contribution >= 0.6 is 0 Å². The standard InChI is InChI=1S/C7H13N5O/c1-5(3-8)6(13)11-7-9-4-10-12(7)2/h4-5H,3,8H2,1-2H3,(H,9,10,11,13). The summed E-state index contributed by atoms with van der Waals surface area (Å²) >= 11 is 0. The van der Waals surface area contributed by atoms with Crippen molar-refractivity contribution in [1.29, 1.82) is 0 Å². The maximum atomic E-state index is 11.3. The molecule has 1 amide bonds. The van der Waals surface area contributed by atoms with E-state index in [1.165, 1.54) is 11.0 Å². The second kappa shape index (κ2) is 3.99. The molecule has 0 aliphatic carbocycles. The Hall–Kier alpha value is -1.43. The average Bonchev–Trinajstić information content (AvgIpc) is 2.50. The average molecular weight is 183 g/mol. The third kappa shape index (κ3) is 2.25. The number of nitrogens with zero attached hydrogens (tertiary/aromatic N) is 3. The molecule has 0 saturated carbocycles. The van der Waals surface area contributed by atoms with E-state index in [0.29, 0.717) is 12.5 Å². The van der Waals surface area contributed by atoms with Crippen LogP contribution < -0.4 is 11.1 Å². The second-order valence-corrected chi connectivity index (χ2v) is 2.83. The molecule has 3 N–H and O–H groups in total. The molecule has 6 nitrogen and oxygen atoms in total. The monoisotopic (exact) mass is 183 g/mol. The number of carbonyl (C=O) groups is 1. The van der Waals surface area contributed by atoms with Gasteiger partial charge in [-0.3, -0.25) is 10.1 Å². The van der Waals surface area contributed by atoms with Gasteiger partial charge in [-0.05, 0) is 0 Å². The van der Waals surface area contributed by atoms with Crippen molar-refractivity contribution in [1.82, 2.24) is 14.8 Å². The lowest BCUT2D eigenvalue weighted by Gasteiger charge is -2.07. The first-order valence-electron chi connectivity index (χ1n) is 4.00. The van der Waals surface area contributed by atoms with Gasteiger partial charge in [0.1, 0.15) is 6.33 Å². The molecular weight excluding hydrogens is 170 g/mol. The highest BCUT2D eigenvalue weighted by Crippen LogP contribution is 2.01. The minimum atomic E-state index is -0.211. The maximum absolute atomic E-state index is 11.3. The first-order chi connectivity index (χ1) is 6.15. The number of nitrogens with one attached hydrogen (secondary N) is 1. The van der Waals surface area contributed by atoms with Gasteiger partial charge in [0.25, 0.3) is 0 Å². The van der Waals surface area contributed by atoms with Gasteiger partial charge >= 0.3 is 0 Å². The Morgan fingerprint density at radius 3 is 3.00 bits per heavy atom. The van der Waals surface area contributed by atoms with E-state index in [-0.39, 0.29) is 11.8 Å². The molecule has 0 saturated heterocycles. The van der Waals surface area contributed by atoms with Gasteiger partial charge in [-0.15, -0.1) is 0 Å². The maximum Gasteiger partial charge on any atom is 0.230 e. The predicted molar refractivity (Wildman–Crippen MR) is 47.9 cm³/mol. The van der Waals surface area contributed by atoms with E-state index >= 15 is 0 Å². The Morgan fingerprint density at radius 2 is 2.54 bits per heavy atom. The Morgan fingerprint density at radius 1 is 1.85 bits per heavy atom. The smallest absolute Gasteiger partial charge is 0.230 e. The molecule has 0 spiro atoms. The van der Waals surface area contributed by atoms with E-state index in [2.05, 4.69) is 15.4 Å². The van der Waals surface area contributed by atoms with E-state index in [1.807, 2.05) is 0 Å². The van der Waals surface area contributed by atoms with Crippen molar-refractivity contribution in [2.75, 3.05) is 11.9 Å². The summed E-state index contributed by atoms with van der Waals surface area (Å²) in [5, 5.41) is 6.43. The first-order valence-corrected chi connectivity index (χ1v) is 4.00. The summed E-state index contributed by atoms with van der Waals surface area (Å²) in [7, 11) is 1.70. The molecule has 6 heteroatoms. The summed E-state index contributed by atoms with van der Waals surface area (Å²) in [6.45, 7) is 2.08. The molecule has 1 aromatic heterocycles. The lowest BCUT2D eigenvalue weighted by Crippen LogP contribution is -2.27. The second-order valence-electron chi connectivity index (χ2n) is 2.83. The van der Waals surface area contributed by atoms with E-state index in [1.54, 1.807) is 14.0 Å². The number of anilines is 1. The summed E-state index contributed by atoms with van der Waals surface area (Å²) in [4.78, 5) is 15.2. The minimum Gasteiger partial charge on any atom is -0.330 e. The van der Waals surface area contributed by atoms with Crippen molar-refractivity contribution in [2.24, 2.45) is 18.7 Å². The third-order valence-corrected chi connectivity index (χ3v) is 1.75. The van der Waals surface area contributed by atoms with Crippen molar-refractivity contribution in [3.8, 4) is 0 Å². The van der Waals surface area contributed by atoms with Gasteiger partial charge in [0.15, 0.2) is 0 Å². The Labute approximate surface area is 76.1 Å². The van der Waals surface area contributed by atoms with Gasteiger partial charge in [-0.1, -0.05) is 6.92 Å².